The normalized spacial score (nSPS) is 23.7. The Kier molecular flexibility index (Phi) is 13.8. The highest BCUT2D eigenvalue weighted by atomic mass is 16.5. The van der Waals surface area contributed by atoms with E-state index in [2.05, 4.69) is 66.9 Å². The van der Waals surface area contributed by atoms with E-state index in [1.807, 2.05) is 36.5 Å². The molecule has 15 nitrogen and oxygen atoms in total. The molecule has 0 aliphatic carbocycles. The number of likely N-dealkylation sites (N-methyl/N-ethyl adjacent to an activating group) is 1. The summed E-state index contributed by atoms with van der Waals surface area (Å²) in [6, 6.07) is 15.6. The molecule has 5 atom stereocenters. The van der Waals surface area contributed by atoms with Crippen LogP contribution in [0.25, 0.3) is 33.3 Å². The van der Waals surface area contributed by atoms with Gasteiger partial charge in [0, 0.05) is 74.2 Å². The second-order valence-electron chi connectivity index (χ2n) is 19.8. The maximum atomic E-state index is 14.7. The number of ether oxygens (including phenoxy) is 2. The summed E-state index contributed by atoms with van der Waals surface area (Å²) in [6.45, 7) is 15.2. The zero-order valence-electron chi connectivity index (χ0n) is 39.7. The summed E-state index contributed by atoms with van der Waals surface area (Å²) < 4.78 is 14.7. The molecule has 2 aromatic heterocycles. The molecule has 0 radical (unpaired) electrons. The van der Waals surface area contributed by atoms with Crippen molar-refractivity contribution in [3.63, 3.8) is 0 Å². The zero-order chi connectivity index (χ0) is 47.8. The quantitative estimate of drug-likeness (QED) is 0.143. The fourth-order valence-corrected chi connectivity index (χ4v) is 10.5. The van der Waals surface area contributed by atoms with Gasteiger partial charge in [0.1, 0.15) is 24.2 Å². The fraction of sp³-hybridized carbons (Fsp3) is 0.500. The number of rotatable bonds is 9. The van der Waals surface area contributed by atoms with E-state index in [0.29, 0.717) is 39.0 Å². The van der Waals surface area contributed by atoms with E-state index in [-0.39, 0.29) is 38.6 Å². The molecule has 0 spiro atoms. The maximum Gasteiger partial charge on any atom is 0.324 e. The number of aromatic nitrogens is 2. The number of pyridine rings is 1. The first-order valence-corrected chi connectivity index (χ1v) is 23.8. The first-order valence-electron chi connectivity index (χ1n) is 23.8. The zero-order valence-corrected chi connectivity index (χ0v) is 39.7. The highest BCUT2D eigenvalue weighted by Gasteiger charge is 2.48. The Bertz CT molecular complexity index is 2560. The van der Waals surface area contributed by atoms with Gasteiger partial charge in [-0.2, -0.15) is 0 Å². The van der Waals surface area contributed by atoms with Gasteiger partial charge in [-0.1, -0.05) is 64.6 Å². The fourth-order valence-electron chi connectivity index (χ4n) is 10.5. The van der Waals surface area contributed by atoms with Crippen molar-refractivity contribution in [3.05, 3.63) is 90.3 Å². The smallest absolute Gasteiger partial charge is 0.324 e. The van der Waals surface area contributed by atoms with Gasteiger partial charge in [-0.25, -0.2) is 5.43 Å². The van der Waals surface area contributed by atoms with Crippen molar-refractivity contribution in [3.8, 4) is 22.4 Å². The summed E-state index contributed by atoms with van der Waals surface area (Å²) in [5.74, 6) is -3.02. The minimum atomic E-state index is -1.90. The molecule has 4 aliphatic heterocycles. The van der Waals surface area contributed by atoms with Gasteiger partial charge in [0.05, 0.1) is 24.5 Å². The molecule has 4 aromatic rings. The Morgan fingerprint density at radius 2 is 1.85 bits per heavy atom. The van der Waals surface area contributed by atoms with Crippen LogP contribution >= 0.6 is 0 Å². The topological polar surface area (TPSA) is 176 Å². The van der Waals surface area contributed by atoms with Crippen molar-refractivity contribution in [1.29, 1.82) is 0 Å². The van der Waals surface area contributed by atoms with E-state index >= 15 is 0 Å². The van der Waals surface area contributed by atoms with Crippen LogP contribution in [0.2, 0.25) is 0 Å². The van der Waals surface area contributed by atoms with E-state index in [9.17, 15) is 29.1 Å². The molecule has 4 aliphatic rings. The number of aliphatic hydroxyl groups is 1. The summed E-state index contributed by atoms with van der Waals surface area (Å²) in [5, 5.41) is 17.0. The van der Waals surface area contributed by atoms with Crippen molar-refractivity contribution in [2.75, 3.05) is 39.9 Å². The number of carbonyl (C=O) groups excluding carboxylic acids is 5. The number of fused-ring (bicyclic) bond motifs is 6. The van der Waals surface area contributed by atoms with E-state index in [4.69, 9.17) is 14.5 Å². The number of amides is 4. The van der Waals surface area contributed by atoms with Crippen LogP contribution in [0.3, 0.4) is 0 Å². The van der Waals surface area contributed by atoms with E-state index in [1.165, 1.54) is 21.9 Å². The maximum absolute atomic E-state index is 14.7. The van der Waals surface area contributed by atoms with Gasteiger partial charge in [0.2, 0.25) is 11.8 Å². The number of β-amino-alcohol motifs (C(OH)–C–C–N with tert-alkyl or cyclic N) is 1. The Balaban J connectivity index is 1.18. The average Bonchev–Trinajstić information content (AvgIpc) is 4.08. The van der Waals surface area contributed by atoms with E-state index < -0.39 is 64.7 Å². The number of nitrogens with one attached hydrogen (secondary N) is 2. The summed E-state index contributed by atoms with van der Waals surface area (Å²) in [7, 11) is 1.46. The molecule has 6 heterocycles. The molecule has 2 aromatic carbocycles. The number of hydrogen-bond donors (Lipinski definition) is 3. The molecule has 356 valence electrons. The number of hydrazine groups is 1. The molecule has 4 amide bonds. The molecule has 3 fully saturated rings. The Morgan fingerprint density at radius 1 is 1.06 bits per heavy atom. The Hall–Kier alpha value is -5.90. The standard InChI is InChI=1S/C52H65N7O8/c1-8-43(60)57-24-21-52(65,30-57)50(64)56(7)45(32(3)4)47(61)54-40-27-33-14-10-15-34(26-33)35-19-20-41-37(28-35)38(29-51(5,6)31-67-49(63)39-17-12-23-59(55-39)48(40)62)46(58(41)9-2)36-16-11-22-53-44(36)42-18-13-25-66-42/h8,10-11,14-16,19-20,22,26,28,32,39-40,42,45,55,65H,1,9,12-13,17-18,21,23-25,27,29-31H2,2-7H3,(H,54,61)/t39-,40-,42-,45-,52?/m0/s1. The second kappa shape index (κ2) is 19.4. The lowest BCUT2D eigenvalue weighted by atomic mass is 9.84. The van der Waals surface area contributed by atoms with Gasteiger partial charge >= 0.3 is 5.97 Å². The van der Waals surface area contributed by atoms with Gasteiger partial charge in [0.25, 0.3) is 11.8 Å². The molecule has 1 unspecified atom stereocenters. The van der Waals surface area contributed by atoms with Crippen LogP contribution in [0.5, 0.6) is 0 Å². The van der Waals surface area contributed by atoms with Crippen molar-refractivity contribution in [2.45, 2.75) is 116 Å². The number of likely N-dealkylation sites (tertiary alicyclic amines) is 1. The first kappa shape index (κ1) is 47.6. The van der Waals surface area contributed by atoms with Crippen LogP contribution in [-0.4, -0.2) is 123 Å². The van der Waals surface area contributed by atoms with Crippen molar-refractivity contribution in [1.82, 2.24) is 35.1 Å². The number of carbonyl (C=O) groups is 5. The molecule has 8 rings (SSSR count). The Labute approximate surface area is 392 Å². The summed E-state index contributed by atoms with van der Waals surface area (Å²) in [6.07, 6.45) is 6.41. The molecule has 15 heteroatoms. The van der Waals surface area contributed by atoms with Crippen molar-refractivity contribution in [2.24, 2.45) is 11.3 Å². The minimum absolute atomic E-state index is 0.00247. The van der Waals surface area contributed by atoms with Gasteiger partial charge in [-0.15, -0.1) is 0 Å². The lowest BCUT2D eigenvalue weighted by molar-refractivity contribution is -0.156. The van der Waals surface area contributed by atoms with Crippen LogP contribution in [0.15, 0.2) is 73.4 Å². The van der Waals surface area contributed by atoms with Gasteiger partial charge in [-0.3, -0.25) is 34.0 Å². The highest BCUT2D eigenvalue weighted by molar-refractivity contribution is 5.97. The van der Waals surface area contributed by atoms with Crippen LogP contribution in [0, 0.1) is 11.3 Å². The third-order valence-electron chi connectivity index (χ3n) is 13.9. The van der Waals surface area contributed by atoms with Crippen LogP contribution in [0.1, 0.15) is 89.6 Å². The van der Waals surface area contributed by atoms with E-state index in [1.54, 1.807) is 13.8 Å². The van der Waals surface area contributed by atoms with Crippen LogP contribution in [-0.2, 0) is 52.8 Å². The molecular formula is C52H65N7O8. The molecule has 3 N–H and O–H groups in total. The SMILES string of the molecule is C=CC(=O)N1CCC(O)(C(=O)N(C)[C@H](C(=O)N[C@H]2Cc3cccc(c3)-c3ccc4c(c3)c(c(-c3cccnc3[C@@H]3CCCO3)n4CC)CC(C)(C)COC(=O)[C@@H]3CCCN(N3)C2=O)C(C)C)C1. The molecule has 3 saturated heterocycles. The number of hydrogen-bond acceptors (Lipinski definition) is 10. The predicted octanol–water partition coefficient (Wildman–Crippen LogP) is 5.52. The molecule has 0 saturated carbocycles. The van der Waals surface area contributed by atoms with Crippen LogP contribution in [0.4, 0.5) is 0 Å². The van der Waals surface area contributed by atoms with Crippen molar-refractivity contribution < 1.29 is 38.6 Å². The van der Waals surface area contributed by atoms with E-state index in [0.717, 1.165) is 69.0 Å². The summed E-state index contributed by atoms with van der Waals surface area (Å²) >= 11 is 0. The molecule has 6 bridgehead atoms. The number of aryl methyl sites for hydroxylation is 1. The molecule has 67 heavy (non-hydrogen) atoms. The molecular weight excluding hydrogens is 851 g/mol. The van der Waals surface area contributed by atoms with Crippen LogP contribution < -0.4 is 10.7 Å². The number of nitrogens with zero attached hydrogens (tertiary/aromatic N) is 5. The average molecular weight is 916 g/mol. The second-order valence-corrected chi connectivity index (χ2v) is 19.8. The highest BCUT2D eigenvalue weighted by Crippen LogP contribution is 2.43. The monoisotopic (exact) mass is 915 g/mol. The third-order valence-corrected chi connectivity index (χ3v) is 13.9. The summed E-state index contributed by atoms with van der Waals surface area (Å²) in [5.41, 5.74) is 8.65. The third kappa shape index (κ3) is 9.64. The van der Waals surface area contributed by atoms with Gasteiger partial charge < -0.3 is 34.3 Å². The largest absolute Gasteiger partial charge is 0.464 e. The summed E-state index contributed by atoms with van der Waals surface area (Å²) in [4.78, 5) is 77.0. The number of cyclic esters (lactones) is 1. The lowest BCUT2D eigenvalue weighted by Gasteiger charge is -2.37. The Morgan fingerprint density at radius 3 is 2.58 bits per heavy atom. The number of benzene rings is 2. The lowest BCUT2D eigenvalue weighted by Crippen LogP contribution is -2.63. The first-order chi connectivity index (χ1) is 32.0. The predicted molar refractivity (Wildman–Crippen MR) is 254 cm³/mol. The van der Waals surface area contributed by atoms with Crippen molar-refractivity contribution >= 4 is 40.5 Å². The number of esters is 1. The van der Waals surface area contributed by atoms with Gasteiger partial charge in [0.15, 0.2) is 5.60 Å². The minimum Gasteiger partial charge on any atom is -0.464 e. The van der Waals surface area contributed by atoms with Gasteiger partial charge in [-0.05, 0) is 97.5 Å².